The highest BCUT2D eigenvalue weighted by Gasteiger charge is 2.46. The number of carbonyl (C=O) groups excluding carboxylic acids is 1. The van der Waals surface area contributed by atoms with E-state index in [1.54, 1.807) is 0 Å². The van der Waals surface area contributed by atoms with Crippen LogP contribution in [0.1, 0.15) is 20.8 Å². The molecule has 0 aliphatic heterocycles. The number of rotatable bonds is 5. The van der Waals surface area contributed by atoms with E-state index in [1.807, 2.05) is 39.0 Å². The first-order chi connectivity index (χ1) is 12.9. The van der Waals surface area contributed by atoms with Gasteiger partial charge in [-0.05, 0) is 36.4 Å². The Kier molecular flexibility index (Phi) is 5.77. The lowest BCUT2D eigenvalue weighted by Gasteiger charge is -2.29. The van der Waals surface area contributed by atoms with Crippen LogP contribution in [0.3, 0.4) is 0 Å². The first kappa shape index (κ1) is 19.3. The van der Waals surface area contributed by atoms with Crippen molar-refractivity contribution in [1.82, 2.24) is 5.32 Å². The maximum atomic E-state index is 12.7. The minimum Gasteiger partial charge on any atom is -0.322 e. The van der Waals surface area contributed by atoms with E-state index in [2.05, 4.69) is 78.1 Å². The van der Waals surface area contributed by atoms with Crippen LogP contribution in [0, 0.1) is 5.41 Å². The van der Waals surface area contributed by atoms with Crippen LogP contribution in [0.2, 0.25) is 0 Å². The molecule has 0 atom stereocenters. The monoisotopic (exact) mass is 376 g/mol. The molecule has 138 valence electrons. The minimum absolute atomic E-state index is 0.0784. The van der Waals surface area contributed by atoms with Gasteiger partial charge in [-0.2, -0.15) is 0 Å². The van der Waals surface area contributed by atoms with Crippen LogP contribution in [0.5, 0.6) is 0 Å². The van der Waals surface area contributed by atoms with Crippen LogP contribution in [-0.4, -0.2) is 12.2 Å². The van der Waals surface area contributed by atoms with Crippen molar-refractivity contribution in [3.8, 4) is 0 Å². The summed E-state index contributed by atoms with van der Waals surface area (Å²) in [5.74, 6) is 0.0784. The number of hydrogen-bond acceptors (Lipinski definition) is 1. The van der Waals surface area contributed by atoms with Crippen molar-refractivity contribution in [2.45, 2.75) is 20.8 Å². The maximum absolute atomic E-state index is 12.7. The van der Waals surface area contributed by atoms with E-state index in [-0.39, 0.29) is 5.91 Å². The smallest absolute Gasteiger partial charge is 0.228 e. The average molecular weight is 376 g/mol. The first-order valence-corrected chi connectivity index (χ1v) is 11.3. The number of hydrogen-bond donors (Lipinski definition) is 1. The molecule has 0 saturated carbocycles. The van der Waals surface area contributed by atoms with E-state index in [1.165, 1.54) is 15.9 Å². The Balaban J connectivity index is 2.18. The summed E-state index contributed by atoms with van der Waals surface area (Å²) in [4.78, 5) is 12.7. The van der Waals surface area contributed by atoms with Crippen LogP contribution in [0.25, 0.3) is 0 Å². The van der Waals surface area contributed by atoms with Gasteiger partial charge in [-0.15, -0.1) is 0 Å². The quantitative estimate of drug-likeness (QED) is 0.668. The van der Waals surface area contributed by atoms with E-state index < -0.39 is 12.7 Å². The molecule has 1 N–H and O–H groups in total. The highest BCUT2D eigenvalue weighted by Crippen LogP contribution is 2.54. The van der Waals surface area contributed by atoms with Crippen LogP contribution >= 0.6 is 7.26 Å². The summed E-state index contributed by atoms with van der Waals surface area (Å²) >= 11 is 0. The van der Waals surface area contributed by atoms with Gasteiger partial charge in [0.2, 0.25) is 5.91 Å². The van der Waals surface area contributed by atoms with Gasteiger partial charge in [-0.3, -0.25) is 4.79 Å². The van der Waals surface area contributed by atoms with Gasteiger partial charge >= 0.3 is 0 Å². The predicted octanol–water partition coefficient (Wildman–Crippen LogP) is 4.10. The van der Waals surface area contributed by atoms with Crippen LogP contribution in [-0.2, 0) is 4.79 Å². The molecule has 27 heavy (non-hydrogen) atoms. The summed E-state index contributed by atoms with van der Waals surface area (Å²) < 4.78 is 0. The normalized spacial score (nSPS) is 11.8. The predicted molar refractivity (Wildman–Crippen MR) is 118 cm³/mol. The van der Waals surface area contributed by atoms with Crippen molar-refractivity contribution in [3.05, 3.63) is 91.0 Å². The molecule has 0 aliphatic rings. The largest absolute Gasteiger partial charge is 0.322 e. The zero-order valence-electron chi connectivity index (χ0n) is 16.2. The molecule has 3 heteroatoms. The van der Waals surface area contributed by atoms with Crippen molar-refractivity contribution in [1.29, 1.82) is 0 Å². The molecule has 0 bridgehead atoms. The fraction of sp³-hybridized carbons (Fsp3) is 0.208. The zero-order valence-corrected chi connectivity index (χ0v) is 17.1. The maximum Gasteiger partial charge on any atom is 0.228 e. The fourth-order valence-corrected chi connectivity index (χ4v) is 7.09. The second-order valence-electron chi connectivity index (χ2n) is 7.73. The molecule has 0 radical (unpaired) electrons. The second-order valence-corrected chi connectivity index (χ2v) is 11.2. The first-order valence-electron chi connectivity index (χ1n) is 9.28. The standard InChI is InChI=1S/C24H26NOP/c1-24(2,3)23(26)25-19-27(20-13-7-4-8-14-20,21-15-9-5-10-16-21)22-17-11-6-12-18-22/h4-18H,19H2,1-3H3/p+1. The molecule has 0 aromatic heterocycles. The van der Waals surface area contributed by atoms with Gasteiger partial charge in [-0.1, -0.05) is 75.4 Å². The van der Waals surface area contributed by atoms with E-state index in [0.29, 0.717) is 6.29 Å². The number of benzene rings is 3. The van der Waals surface area contributed by atoms with Gasteiger partial charge in [0.1, 0.15) is 29.5 Å². The van der Waals surface area contributed by atoms with Gasteiger partial charge in [-0.25, -0.2) is 0 Å². The molecule has 0 fully saturated rings. The molecular weight excluding hydrogens is 349 g/mol. The molecule has 0 heterocycles. The van der Waals surface area contributed by atoms with Crippen molar-refractivity contribution in [3.63, 3.8) is 0 Å². The summed E-state index contributed by atoms with van der Waals surface area (Å²) in [6.07, 6.45) is 0.612. The average Bonchev–Trinajstić information content (AvgIpc) is 2.70. The third-order valence-electron chi connectivity index (χ3n) is 4.75. The van der Waals surface area contributed by atoms with Crippen molar-refractivity contribution in [2.75, 3.05) is 6.29 Å². The lowest BCUT2D eigenvalue weighted by Crippen LogP contribution is -2.43. The van der Waals surface area contributed by atoms with Gasteiger partial charge in [0, 0.05) is 5.41 Å². The van der Waals surface area contributed by atoms with E-state index in [9.17, 15) is 4.79 Å². The summed E-state index contributed by atoms with van der Waals surface area (Å²) in [7, 11) is -2.01. The number of nitrogens with one attached hydrogen (secondary N) is 1. The molecule has 3 aromatic rings. The Morgan fingerprint density at radius 2 is 1.04 bits per heavy atom. The van der Waals surface area contributed by atoms with E-state index in [4.69, 9.17) is 0 Å². The Morgan fingerprint density at radius 3 is 1.33 bits per heavy atom. The molecule has 2 nitrogen and oxygen atoms in total. The second kappa shape index (κ2) is 8.06. The molecule has 0 saturated heterocycles. The van der Waals surface area contributed by atoms with Crippen LogP contribution < -0.4 is 21.2 Å². The summed E-state index contributed by atoms with van der Waals surface area (Å²) in [5.41, 5.74) is -0.417. The topological polar surface area (TPSA) is 29.1 Å². The molecule has 0 unspecified atom stereocenters. The zero-order chi connectivity index (χ0) is 19.3. The van der Waals surface area contributed by atoms with Gasteiger partial charge in [0.25, 0.3) is 0 Å². The van der Waals surface area contributed by atoms with Crippen molar-refractivity contribution < 1.29 is 4.79 Å². The molecule has 1 amide bonds. The lowest BCUT2D eigenvalue weighted by molar-refractivity contribution is -0.128. The molecule has 3 aromatic carbocycles. The highest BCUT2D eigenvalue weighted by molar-refractivity contribution is 7.95. The third-order valence-corrected chi connectivity index (χ3v) is 8.92. The third kappa shape index (κ3) is 4.12. The number of carbonyl (C=O) groups is 1. The van der Waals surface area contributed by atoms with Crippen molar-refractivity contribution >= 4 is 29.1 Å². The Morgan fingerprint density at radius 1 is 0.704 bits per heavy atom. The number of amides is 1. The summed E-state index contributed by atoms with van der Waals surface area (Å²) in [6, 6.07) is 31.8. The molecule has 0 spiro atoms. The Hall–Kier alpha value is -2.44. The molecular formula is C24H27NOP+. The molecule has 3 rings (SSSR count). The lowest BCUT2D eigenvalue weighted by atomic mass is 9.96. The summed E-state index contributed by atoms with van der Waals surface area (Å²) in [6.45, 7) is 5.86. The van der Waals surface area contributed by atoms with Gasteiger partial charge in [0.05, 0.1) is 0 Å². The Bertz CT molecular complexity index is 774. The SMILES string of the molecule is CC(C)(C)C(=O)NC[P+](c1ccccc1)(c1ccccc1)c1ccccc1. The summed E-state index contributed by atoms with van der Waals surface area (Å²) in [5, 5.41) is 7.09. The van der Waals surface area contributed by atoms with E-state index in [0.717, 1.165) is 0 Å². The van der Waals surface area contributed by atoms with Gasteiger partial charge < -0.3 is 5.32 Å². The van der Waals surface area contributed by atoms with Crippen LogP contribution in [0.15, 0.2) is 91.0 Å². The van der Waals surface area contributed by atoms with Crippen molar-refractivity contribution in [2.24, 2.45) is 5.41 Å². The van der Waals surface area contributed by atoms with Crippen LogP contribution in [0.4, 0.5) is 0 Å². The highest BCUT2D eigenvalue weighted by atomic mass is 31.2. The Labute approximate surface area is 163 Å². The minimum atomic E-state index is -2.01. The molecule has 0 aliphatic carbocycles. The fourth-order valence-electron chi connectivity index (χ4n) is 3.22. The van der Waals surface area contributed by atoms with E-state index >= 15 is 0 Å². The van der Waals surface area contributed by atoms with Gasteiger partial charge in [0.15, 0.2) is 0 Å².